The molecule has 22 heavy (non-hydrogen) atoms. The predicted octanol–water partition coefficient (Wildman–Crippen LogP) is 2.51. The van der Waals surface area contributed by atoms with Gasteiger partial charge in [0.1, 0.15) is 0 Å². The molecule has 0 spiro atoms. The molecule has 130 valence electrons. The van der Waals surface area contributed by atoms with E-state index in [9.17, 15) is 0 Å². The molecule has 0 bridgehead atoms. The van der Waals surface area contributed by atoms with E-state index in [1.807, 2.05) is 0 Å². The van der Waals surface area contributed by atoms with E-state index < -0.39 is 10.4 Å². The van der Waals surface area contributed by atoms with Gasteiger partial charge in [-0.1, -0.05) is 90.9 Å². The van der Waals surface area contributed by atoms with Crippen LogP contribution in [0.15, 0.2) is 0 Å². The van der Waals surface area contributed by atoms with Crippen LogP contribution in [0.5, 0.6) is 0 Å². The van der Waals surface area contributed by atoms with E-state index in [1.165, 1.54) is 77.0 Å². The first-order chi connectivity index (χ1) is 9.81. The fourth-order valence-corrected chi connectivity index (χ4v) is 2.22. The Labute approximate surface area is 160 Å². The van der Waals surface area contributed by atoms with Crippen LogP contribution in [-0.2, 0) is 10.4 Å². The number of hydrogen-bond donors (Lipinski definition) is 2. The Morgan fingerprint density at radius 3 is 1.41 bits per heavy atom. The van der Waals surface area contributed by atoms with Crippen molar-refractivity contribution in [1.29, 1.82) is 0 Å². The van der Waals surface area contributed by atoms with Crippen molar-refractivity contribution in [2.24, 2.45) is 5.92 Å². The molecule has 0 saturated carbocycles. The number of unbranched alkanes of at least 4 members (excludes halogenated alkanes) is 8. The van der Waals surface area contributed by atoms with Gasteiger partial charge in [-0.15, -0.1) is 0 Å². The van der Waals surface area contributed by atoms with Crippen LogP contribution in [0.4, 0.5) is 0 Å². The van der Waals surface area contributed by atoms with E-state index in [-0.39, 0.29) is 29.6 Å². The maximum Gasteiger partial charge on any atom is 1.00 e. The molecule has 2 N–H and O–H groups in total. The summed E-state index contributed by atoms with van der Waals surface area (Å²) in [5.41, 5.74) is 0. The van der Waals surface area contributed by atoms with Crippen molar-refractivity contribution in [3.63, 3.8) is 0 Å². The molecular weight excluding hydrogens is 311 g/mol. The summed E-state index contributed by atoms with van der Waals surface area (Å²) in [6.07, 6.45) is 16.8. The van der Waals surface area contributed by atoms with Crippen LogP contribution in [0, 0.1) is 12.8 Å². The van der Waals surface area contributed by atoms with Crippen LogP contribution >= 0.6 is 0 Å². The van der Waals surface area contributed by atoms with Crippen molar-refractivity contribution in [3.05, 3.63) is 6.92 Å². The maximum atomic E-state index is 8.74. The second-order valence-electron chi connectivity index (χ2n) is 5.72. The minimum Gasteiger partial charge on any atom is -0.340 e. The first kappa shape index (κ1) is 27.7. The minimum atomic E-state index is -4.67. The smallest absolute Gasteiger partial charge is 0.340 e. The topological polar surface area (TPSA) is 74.6 Å². The first-order valence-electron chi connectivity index (χ1n) is 8.34. The van der Waals surface area contributed by atoms with Crippen LogP contribution in [0.1, 0.15) is 90.9 Å². The Bertz CT molecular complexity index is 287. The van der Waals surface area contributed by atoms with Gasteiger partial charge >= 0.3 is 40.0 Å². The fourth-order valence-electron chi connectivity index (χ4n) is 2.22. The monoisotopic (exact) mass is 346 g/mol. The Balaban J connectivity index is -0.000000520. The van der Waals surface area contributed by atoms with E-state index in [2.05, 4.69) is 20.8 Å². The summed E-state index contributed by atoms with van der Waals surface area (Å²) in [6.45, 7) is 8.83. The van der Waals surface area contributed by atoms with Crippen molar-refractivity contribution in [3.8, 4) is 0 Å². The summed E-state index contributed by atoms with van der Waals surface area (Å²) in [5, 5.41) is 0. The summed E-state index contributed by atoms with van der Waals surface area (Å²) in [5.74, 6) is 0.725. The van der Waals surface area contributed by atoms with Crippen molar-refractivity contribution >= 4 is 10.4 Å². The van der Waals surface area contributed by atoms with Crippen molar-refractivity contribution < 1.29 is 47.1 Å². The molecule has 0 amide bonds. The van der Waals surface area contributed by atoms with E-state index in [0.717, 1.165) is 5.92 Å². The predicted molar refractivity (Wildman–Crippen MR) is 89.8 cm³/mol. The minimum absolute atomic E-state index is 0. The third kappa shape index (κ3) is 37.3. The molecule has 0 aliphatic carbocycles. The second-order valence-corrected chi connectivity index (χ2v) is 6.62. The molecule has 1 atom stereocenters. The van der Waals surface area contributed by atoms with Gasteiger partial charge < -0.3 is 6.92 Å². The Morgan fingerprint density at radius 2 is 1.05 bits per heavy atom. The van der Waals surface area contributed by atoms with Gasteiger partial charge in [-0.25, -0.2) is 0 Å². The largest absolute Gasteiger partial charge is 1.00 e. The Hall–Kier alpha value is 0.870. The second kappa shape index (κ2) is 19.9. The molecule has 0 aromatic rings. The molecule has 0 aliphatic rings. The van der Waals surface area contributed by atoms with E-state index >= 15 is 0 Å². The van der Waals surface area contributed by atoms with Crippen LogP contribution in [0.3, 0.4) is 0 Å². The van der Waals surface area contributed by atoms with Crippen LogP contribution in [0.2, 0.25) is 0 Å². The van der Waals surface area contributed by atoms with E-state index in [0.29, 0.717) is 0 Å². The molecule has 4 nitrogen and oxygen atoms in total. The summed E-state index contributed by atoms with van der Waals surface area (Å²) in [7, 11) is -4.67. The van der Waals surface area contributed by atoms with Gasteiger partial charge in [-0.2, -0.15) is 14.3 Å². The molecule has 0 aromatic heterocycles. The van der Waals surface area contributed by atoms with Gasteiger partial charge in [-0.3, -0.25) is 9.11 Å². The van der Waals surface area contributed by atoms with Crippen molar-refractivity contribution in [2.75, 3.05) is 0 Å². The van der Waals surface area contributed by atoms with E-state index in [1.54, 1.807) is 0 Å². The zero-order valence-electron chi connectivity index (χ0n) is 14.9. The summed E-state index contributed by atoms with van der Waals surface area (Å²) in [6, 6.07) is 0. The average Bonchev–Trinajstić information content (AvgIpc) is 2.37. The van der Waals surface area contributed by atoms with Gasteiger partial charge in [0.2, 0.25) is 0 Å². The molecule has 0 fully saturated rings. The molecular formula is C16H35NaO4S. The Kier molecular flexibility index (Phi) is 25.1. The van der Waals surface area contributed by atoms with Crippen molar-refractivity contribution in [2.45, 2.75) is 90.9 Å². The van der Waals surface area contributed by atoms with Gasteiger partial charge in [0.25, 0.3) is 0 Å². The summed E-state index contributed by atoms with van der Waals surface area (Å²) >= 11 is 0. The molecule has 0 heterocycles. The quantitative estimate of drug-likeness (QED) is 0.246. The standard InChI is InChI=1S/C16H33.Na.H2O4S/c1-4-6-8-10-11-13-15-16(3)14-12-9-7-5-2;;1-5(2,3)4/h16H,3-15H2,1-2H3;;(H2,1,2,3,4)/q-1;+1;. The van der Waals surface area contributed by atoms with E-state index in [4.69, 9.17) is 17.5 Å². The summed E-state index contributed by atoms with van der Waals surface area (Å²) < 4.78 is 31.6. The first-order valence-corrected chi connectivity index (χ1v) is 9.73. The third-order valence-electron chi connectivity index (χ3n) is 3.43. The van der Waals surface area contributed by atoms with Crippen LogP contribution < -0.4 is 29.6 Å². The molecule has 1 unspecified atom stereocenters. The molecule has 0 rings (SSSR count). The van der Waals surface area contributed by atoms with Crippen LogP contribution in [0.25, 0.3) is 0 Å². The SMILES string of the molecule is O=S(=O)(O)O.[CH2-]C(CCCCCC)CCCCCCCC.[Na+]. The normalized spacial score (nSPS) is 12.0. The molecule has 0 aliphatic heterocycles. The van der Waals surface area contributed by atoms with Crippen molar-refractivity contribution in [1.82, 2.24) is 0 Å². The average molecular weight is 347 g/mol. The number of rotatable bonds is 12. The molecule has 0 saturated heterocycles. The van der Waals surface area contributed by atoms with Gasteiger partial charge in [0.05, 0.1) is 0 Å². The van der Waals surface area contributed by atoms with Crippen LogP contribution in [-0.4, -0.2) is 17.5 Å². The Morgan fingerprint density at radius 1 is 0.773 bits per heavy atom. The molecule has 6 heteroatoms. The molecule has 0 aromatic carbocycles. The van der Waals surface area contributed by atoms with Gasteiger partial charge in [0.15, 0.2) is 0 Å². The van der Waals surface area contributed by atoms with Gasteiger partial charge in [-0.05, 0) is 0 Å². The zero-order valence-corrected chi connectivity index (χ0v) is 17.7. The van der Waals surface area contributed by atoms with Gasteiger partial charge in [0, 0.05) is 0 Å². The zero-order chi connectivity index (χ0) is 16.6. The summed E-state index contributed by atoms with van der Waals surface area (Å²) in [4.78, 5) is 0. The fraction of sp³-hybridized carbons (Fsp3) is 0.938. The maximum absolute atomic E-state index is 8.74. The third-order valence-corrected chi connectivity index (χ3v) is 3.43. The number of hydrogen-bond acceptors (Lipinski definition) is 2. The molecule has 0 radical (unpaired) electrons.